The van der Waals surface area contributed by atoms with Gasteiger partial charge in [-0.15, -0.1) is 0 Å². The Morgan fingerprint density at radius 2 is 2.40 bits per heavy atom. The van der Waals surface area contributed by atoms with Crippen LogP contribution in [0.15, 0.2) is 4.52 Å². The van der Waals surface area contributed by atoms with E-state index in [2.05, 4.69) is 15.0 Å². The summed E-state index contributed by atoms with van der Waals surface area (Å²) in [6, 6.07) is 0.307. The first-order chi connectivity index (χ1) is 7.15. The van der Waals surface area contributed by atoms with Gasteiger partial charge in [-0.1, -0.05) is 19.0 Å². The molecule has 0 spiro atoms. The van der Waals surface area contributed by atoms with Crippen LogP contribution in [-0.2, 0) is 6.54 Å². The molecule has 1 aromatic rings. The number of nitrogens with two attached hydrogens (primary N) is 1. The van der Waals surface area contributed by atoms with Gasteiger partial charge in [0.1, 0.15) is 0 Å². The number of rotatable bonds is 3. The standard InChI is InChI=1S/C10H18N4O/c1-7(2)10-12-9(13-15-10)6-14-4-3-8(11)5-14/h7-8H,3-6,11H2,1-2H3/t8-/m0/s1. The highest BCUT2D eigenvalue weighted by Gasteiger charge is 2.21. The number of hydrogen-bond donors (Lipinski definition) is 1. The van der Waals surface area contributed by atoms with Gasteiger partial charge in [0.15, 0.2) is 5.82 Å². The van der Waals surface area contributed by atoms with Crippen molar-refractivity contribution in [2.24, 2.45) is 5.73 Å². The Hall–Kier alpha value is -0.940. The van der Waals surface area contributed by atoms with Crippen LogP contribution in [0.5, 0.6) is 0 Å². The Labute approximate surface area is 89.6 Å². The summed E-state index contributed by atoms with van der Waals surface area (Å²) in [5.74, 6) is 1.79. The van der Waals surface area contributed by atoms with Crippen LogP contribution in [0.25, 0.3) is 0 Å². The minimum atomic E-state index is 0.298. The molecule has 1 aromatic heterocycles. The average molecular weight is 210 g/mol. The Morgan fingerprint density at radius 3 is 2.93 bits per heavy atom. The van der Waals surface area contributed by atoms with Gasteiger partial charge in [-0.3, -0.25) is 4.90 Å². The quantitative estimate of drug-likeness (QED) is 0.796. The van der Waals surface area contributed by atoms with Crippen LogP contribution in [0.4, 0.5) is 0 Å². The average Bonchev–Trinajstić information content (AvgIpc) is 2.76. The first kappa shape index (κ1) is 10.6. The second-order valence-electron chi connectivity index (χ2n) is 4.49. The van der Waals surface area contributed by atoms with E-state index in [4.69, 9.17) is 10.3 Å². The molecule has 1 aliphatic heterocycles. The zero-order valence-corrected chi connectivity index (χ0v) is 9.31. The van der Waals surface area contributed by atoms with Crippen molar-refractivity contribution in [1.29, 1.82) is 0 Å². The van der Waals surface area contributed by atoms with Crippen LogP contribution in [0.2, 0.25) is 0 Å². The highest BCUT2D eigenvalue weighted by molar-refractivity contribution is 4.92. The maximum Gasteiger partial charge on any atom is 0.229 e. The molecule has 2 heterocycles. The van der Waals surface area contributed by atoms with Gasteiger partial charge in [-0.25, -0.2) is 0 Å². The number of likely N-dealkylation sites (tertiary alicyclic amines) is 1. The van der Waals surface area contributed by atoms with Crippen molar-refractivity contribution < 1.29 is 4.52 Å². The molecule has 1 atom stereocenters. The molecule has 0 saturated carbocycles. The zero-order chi connectivity index (χ0) is 10.8. The SMILES string of the molecule is CC(C)c1nc(CN2CC[C@H](N)C2)no1. The van der Waals surface area contributed by atoms with Gasteiger partial charge < -0.3 is 10.3 Å². The van der Waals surface area contributed by atoms with Crippen molar-refractivity contribution in [2.75, 3.05) is 13.1 Å². The van der Waals surface area contributed by atoms with E-state index in [1.54, 1.807) is 0 Å². The van der Waals surface area contributed by atoms with E-state index in [1.165, 1.54) is 0 Å². The third-order valence-corrected chi connectivity index (χ3v) is 2.65. The second kappa shape index (κ2) is 4.28. The van der Waals surface area contributed by atoms with Gasteiger partial charge in [-0.2, -0.15) is 4.98 Å². The molecule has 2 rings (SSSR count). The van der Waals surface area contributed by atoms with Gasteiger partial charge in [0, 0.05) is 25.0 Å². The van der Waals surface area contributed by atoms with Crippen LogP contribution in [-0.4, -0.2) is 34.2 Å². The molecule has 0 radical (unpaired) electrons. The maximum absolute atomic E-state index is 5.83. The van der Waals surface area contributed by atoms with Gasteiger partial charge in [0.05, 0.1) is 6.54 Å². The first-order valence-corrected chi connectivity index (χ1v) is 5.45. The van der Waals surface area contributed by atoms with E-state index in [1.807, 2.05) is 13.8 Å². The summed E-state index contributed by atoms with van der Waals surface area (Å²) in [4.78, 5) is 6.60. The second-order valence-corrected chi connectivity index (χ2v) is 4.49. The molecular weight excluding hydrogens is 192 g/mol. The van der Waals surface area contributed by atoms with Crippen molar-refractivity contribution in [2.45, 2.75) is 38.8 Å². The molecule has 5 heteroatoms. The summed E-state index contributed by atoms with van der Waals surface area (Å²) < 4.78 is 5.14. The van der Waals surface area contributed by atoms with Crippen LogP contribution >= 0.6 is 0 Å². The molecule has 2 N–H and O–H groups in total. The molecule has 0 aliphatic carbocycles. The van der Waals surface area contributed by atoms with Gasteiger partial charge in [0.25, 0.3) is 0 Å². The Morgan fingerprint density at radius 1 is 1.60 bits per heavy atom. The van der Waals surface area contributed by atoms with Crippen molar-refractivity contribution in [3.63, 3.8) is 0 Å². The number of aromatic nitrogens is 2. The topological polar surface area (TPSA) is 68.2 Å². The summed E-state index contributed by atoms with van der Waals surface area (Å²) in [5.41, 5.74) is 5.83. The lowest BCUT2D eigenvalue weighted by atomic mass is 10.2. The minimum Gasteiger partial charge on any atom is -0.339 e. The lowest BCUT2D eigenvalue weighted by molar-refractivity contribution is 0.305. The fraction of sp³-hybridized carbons (Fsp3) is 0.800. The molecule has 0 unspecified atom stereocenters. The summed E-state index contributed by atoms with van der Waals surface area (Å²) >= 11 is 0. The molecule has 0 amide bonds. The molecule has 5 nitrogen and oxygen atoms in total. The summed E-state index contributed by atoms with van der Waals surface area (Å²) in [5, 5.41) is 3.96. The van der Waals surface area contributed by atoms with E-state index in [0.717, 1.165) is 31.9 Å². The van der Waals surface area contributed by atoms with Gasteiger partial charge in [-0.05, 0) is 6.42 Å². The minimum absolute atomic E-state index is 0.298. The van der Waals surface area contributed by atoms with Crippen LogP contribution in [0.1, 0.15) is 37.9 Å². The molecular formula is C10H18N4O. The fourth-order valence-electron chi connectivity index (χ4n) is 1.77. The molecule has 15 heavy (non-hydrogen) atoms. The largest absolute Gasteiger partial charge is 0.339 e. The highest BCUT2D eigenvalue weighted by atomic mass is 16.5. The molecule has 84 valence electrons. The normalized spacial score (nSPS) is 22.8. The van der Waals surface area contributed by atoms with E-state index >= 15 is 0 Å². The van der Waals surface area contributed by atoms with E-state index < -0.39 is 0 Å². The zero-order valence-electron chi connectivity index (χ0n) is 9.31. The monoisotopic (exact) mass is 210 g/mol. The third-order valence-electron chi connectivity index (χ3n) is 2.65. The fourth-order valence-corrected chi connectivity index (χ4v) is 1.77. The van der Waals surface area contributed by atoms with Crippen LogP contribution in [0.3, 0.4) is 0 Å². The molecule has 0 aromatic carbocycles. The maximum atomic E-state index is 5.83. The predicted molar refractivity (Wildman–Crippen MR) is 56.3 cm³/mol. The molecule has 0 bridgehead atoms. The summed E-state index contributed by atoms with van der Waals surface area (Å²) in [7, 11) is 0. The van der Waals surface area contributed by atoms with Crippen LogP contribution in [0, 0.1) is 0 Å². The van der Waals surface area contributed by atoms with E-state index in [-0.39, 0.29) is 0 Å². The number of nitrogens with zero attached hydrogens (tertiary/aromatic N) is 3. The van der Waals surface area contributed by atoms with Gasteiger partial charge in [0.2, 0.25) is 5.89 Å². The lowest BCUT2D eigenvalue weighted by Gasteiger charge is -2.11. The lowest BCUT2D eigenvalue weighted by Crippen LogP contribution is -2.26. The molecule has 1 saturated heterocycles. The van der Waals surface area contributed by atoms with Crippen LogP contribution < -0.4 is 5.73 Å². The Kier molecular flexibility index (Phi) is 3.02. The summed E-state index contributed by atoms with van der Waals surface area (Å²) in [6.07, 6.45) is 1.06. The molecule has 1 fully saturated rings. The van der Waals surface area contributed by atoms with Gasteiger partial charge >= 0.3 is 0 Å². The van der Waals surface area contributed by atoms with E-state index in [0.29, 0.717) is 17.9 Å². The Bertz CT molecular complexity index is 323. The van der Waals surface area contributed by atoms with Crippen molar-refractivity contribution in [1.82, 2.24) is 15.0 Å². The smallest absolute Gasteiger partial charge is 0.229 e. The predicted octanol–water partition coefficient (Wildman–Crippen LogP) is 0.726. The Balaban J connectivity index is 1.93. The summed E-state index contributed by atoms with van der Waals surface area (Å²) in [6.45, 7) is 6.81. The van der Waals surface area contributed by atoms with E-state index in [9.17, 15) is 0 Å². The van der Waals surface area contributed by atoms with Crippen molar-refractivity contribution in [3.05, 3.63) is 11.7 Å². The van der Waals surface area contributed by atoms with Crippen molar-refractivity contribution in [3.8, 4) is 0 Å². The molecule has 1 aliphatic rings. The third kappa shape index (κ3) is 2.54. The first-order valence-electron chi connectivity index (χ1n) is 5.45. The number of hydrogen-bond acceptors (Lipinski definition) is 5. The van der Waals surface area contributed by atoms with Crippen molar-refractivity contribution >= 4 is 0 Å². The highest BCUT2D eigenvalue weighted by Crippen LogP contribution is 2.14.